The highest BCUT2D eigenvalue weighted by Gasteiger charge is 2.34. The molecule has 0 aromatic carbocycles. The lowest BCUT2D eigenvalue weighted by Gasteiger charge is -2.24. The minimum atomic E-state index is -0.790. The summed E-state index contributed by atoms with van der Waals surface area (Å²) in [6.07, 6.45) is 4.54. The van der Waals surface area contributed by atoms with Crippen LogP contribution in [0, 0.1) is 13.8 Å². The second kappa shape index (κ2) is 6.18. The van der Waals surface area contributed by atoms with E-state index in [4.69, 9.17) is 0 Å². The molecule has 2 rings (SSSR count). The number of hydrogen-bond donors (Lipinski definition) is 2. The van der Waals surface area contributed by atoms with Crippen LogP contribution < -0.4 is 5.32 Å². The monoisotopic (exact) mass is 293 g/mol. The van der Waals surface area contributed by atoms with Gasteiger partial charge >= 0.3 is 0 Å². The Kier molecular flexibility index (Phi) is 4.71. The first-order chi connectivity index (χ1) is 9.86. The standard InChI is InChI=1S/C16H27N3O2/c1-5-13(15-11(2)18-19(4)12(15)3)17-14(20)10-16(21)8-6-7-9-16/h13,21H,5-10H2,1-4H3,(H,17,20). The molecule has 1 heterocycles. The first-order valence-electron chi connectivity index (χ1n) is 7.88. The van der Waals surface area contributed by atoms with E-state index in [2.05, 4.69) is 17.3 Å². The summed E-state index contributed by atoms with van der Waals surface area (Å²) >= 11 is 0. The Hall–Kier alpha value is -1.36. The van der Waals surface area contributed by atoms with E-state index >= 15 is 0 Å². The maximum Gasteiger partial charge on any atom is 0.223 e. The third kappa shape index (κ3) is 3.46. The quantitative estimate of drug-likeness (QED) is 0.875. The zero-order valence-corrected chi connectivity index (χ0v) is 13.6. The fourth-order valence-electron chi connectivity index (χ4n) is 3.43. The first kappa shape index (κ1) is 16.0. The average molecular weight is 293 g/mol. The van der Waals surface area contributed by atoms with E-state index in [1.807, 2.05) is 25.6 Å². The van der Waals surface area contributed by atoms with Gasteiger partial charge in [0.15, 0.2) is 0 Å². The highest BCUT2D eigenvalue weighted by atomic mass is 16.3. The summed E-state index contributed by atoms with van der Waals surface area (Å²) in [5.74, 6) is -0.0612. The highest BCUT2D eigenvalue weighted by molar-refractivity contribution is 5.77. The maximum atomic E-state index is 12.3. The fourth-order valence-corrected chi connectivity index (χ4v) is 3.43. The lowest BCUT2D eigenvalue weighted by molar-refractivity contribution is -0.126. The van der Waals surface area contributed by atoms with Crippen molar-refractivity contribution >= 4 is 5.91 Å². The van der Waals surface area contributed by atoms with Gasteiger partial charge in [-0.1, -0.05) is 19.8 Å². The van der Waals surface area contributed by atoms with Crippen molar-refractivity contribution < 1.29 is 9.90 Å². The number of nitrogens with zero attached hydrogens (tertiary/aromatic N) is 2. The number of rotatable bonds is 5. The Bertz CT molecular complexity index is 516. The number of aliphatic hydroxyl groups is 1. The molecule has 1 aromatic heterocycles. The zero-order chi connectivity index (χ0) is 15.6. The second-order valence-corrected chi connectivity index (χ2v) is 6.34. The van der Waals surface area contributed by atoms with Crippen LogP contribution in [0.3, 0.4) is 0 Å². The molecule has 1 aliphatic carbocycles. The van der Waals surface area contributed by atoms with Crippen molar-refractivity contribution in [2.75, 3.05) is 0 Å². The van der Waals surface area contributed by atoms with Crippen molar-refractivity contribution in [3.05, 3.63) is 17.0 Å². The van der Waals surface area contributed by atoms with Gasteiger partial charge < -0.3 is 10.4 Å². The maximum absolute atomic E-state index is 12.3. The van der Waals surface area contributed by atoms with Crippen LogP contribution in [0.25, 0.3) is 0 Å². The van der Waals surface area contributed by atoms with Crippen molar-refractivity contribution in [3.8, 4) is 0 Å². The molecule has 0 aliphatic heterocycles. The predicted molar refractivity (Wildman–Crippen MR) is 81.9 cm³/mol. The van der Waals surface area contributed by atoms with E-state index in [9.17, 15) is 9.90 Å². The third-order valence-corrected chi connectivity index (χ3v) is 4.68. The molecule has 5 heteroatoms. The number of hydrogen-bond acceptors (Lipinski definition) is 3. The molecule has 1 saturated carbocycles. The normalized spacial score (nSPS) is 18.7. The minimum absolute atomic E-state index is 0.0313. The number of nitrogens with one attached hydrogen (secondary N) is 1. The second-order valence-electron chi connectivity index (χ2n) is 6.34. The van der Waals surface area contributed by atoms with Gasteiger partial charge in [0, 0.05) is 18.3 Å². The van der Waals surface area contributed by atoms with E-state index in [0.717, 1.165) is 49.1 Å². The van der Waals surface area contributed by atoms with Gasteiger partial charge in [0.2, 0.25) is 5.91 Å². The molecule has 1 amide bonds. The van der Waals surface area contributed by atoms with Crippen molar-refractivity contribution in [2.24, 2.45) is 7.05 Å². The molecule has 1 fully saturated rings. The molecule has 21 heavy (non-hydrogen) atoms. The summed E-state index contributed by atoms with van der Waals surface area (Å²) in [5, 5.41) is 17.9. The van der Waals surface area contributed by atoms with E-state index in [0.29, 0.717) is 0 Å². The number of carbonyl (C=O) groups excluding carboxylic acids is 1. The van der Waals surface area contributed by atoms with Crippen molar-refractivity contribution in [1.82, 2.24) is 15.1 Å². The molecule has 0 spiro atoms. The van der Waals surface area contributed by atoms with Gasteiger partial charge in [0.05, 0.1) is 23.8 Å². The van der Waals surface area contributed by atoms with Crippen molar-refractivity contribution in [2.45, 2.75) is 70.9 Å². The van der Waals surface area contributed by atoms with Gasteiger partial charge in [0.1, 0.15) is 0 Å². The summed E-state index contributed by atoms with van der Waals surface area (Å²) in [5.41, 5.74) is 2.36. The number of aryl methyl sites for hydroxylation is 2. The van der Waals surface area contributed by atoms with Gasteiger partial charge in [-0.05, 0) is 33.1 Å². The molecule has 1 aliphatic rings. The fraction of sp³-hybridized carbons (Fsp3) is 0.750. The van der Waals surface area contributed by atoms with Crippen LogP contribution in [-0.4, -0.2) is 26.4 Å². The van der Waals surface area contributed by atoms with Gasteiger partial charge in [-0.2, -0.15) is 5.10 Å². The number of aromatic nitrogens is 2. The Morgan fingerprint density at radius 1 is 1.43 bits per heavy atom. The molecule has 0 bridgehead atoms. The van der Waals surface area contributed by atoms with E-state index < -0.39 is 5.60 Å². The molecule has 1 atom stereocenters. The van der Waals surface area contributed by atoms with Gasteiger partial charge in [-0.25, -0.2) is 0 Å². The van der Waals surface area contributed by atoms with Crippen LogP contribution in [0.4, 0.5) is 0 Å². The average Bonchev–Trinajstić information content (AvgIpc) is 2.92. The van der Waals surface area contributed by atoms with Gasteiger partial charge in [-0.3, -0.25) is 9.48 Å². The van der Waals surface area contributed by atoms with E-state index in [1.165, 1.54) is 0 Å². The molecule has 2 N–H and O–H groups in total. The van der Waals surface area contributed by atoms with E-state index in [-0.39, 0.29) is 18.4 Å². The summed E-state index contributed by atoms with van der Waals surface area (Å²) < 4.78 is 1.85. The Morgan fingerprint density at radius 3 is 2.52 bits per heavy atom. The third-order valence-electron chi connectivity index (χ3n) is 4.68. The zero-order valence-electron chi connectivity index (χ0n) is 13.6. The Labute approximate surface area is 126 Å². The lowest BCUT2D eigenvalue weighted by Crippen LogP contribution is -2.36. The van der Waals surface area contributed by atoms with Crippen LogP contribution >= 0.6 is 0 Å². The van der Waals surface area contributed by atoms with Crippen LogP contribution in [0.2, 0.25) is 0 Å². The summed E-state index contributed by atoms with van der Waals surface area (Å²) in [4.78, 5) is 12.3. The summed E-state index contributed by atoms with van der Waals surface area (Å²) in [6, 6.07) is -0.0313. The molecular weight excluding hydrogens is 266 g/mol. The minimum Gasteiger partial charge on any atom is -0.389 e. The Morgan fingerprint density at radius 2 is 2.05 bits per heavy atom. The molecular formula is C16H27N3O2. The molecule has 0 radical (unpaired) electrons. The lowest BCUT2D eigenvalue weighted by atomic mass is 9.96. The molecule has 5 nitrogen and oxygen atoms in total. The summed E-state index contributed by atoms with van der Waals surface area (Å²) in [6.45, 7) is 6.05. The molecule has 1 aromatic rings. The van der Waals surface area contributed by atoms with Crippen LogP contribution in [0.1, 0.15) is 68.4 Å². The molecule has 0 saturated heterocycles. The smallest absolute Gasteiger partial charge is 0.223 e. The molecule has 1 unspecified atom stereocenters. The van der Waals surface area contributed by atoms with Crippen molar-refractivity contribution in [3.63, 3.8) is 0 Å². The van der Waals surface area contributed by atoms with Crippen LogP contribution in [0.15, 0.2) is 0 Å². The first-order valence-corrected chi connectivity index (χ1v) is 7.88. The number of carbonyl (C=O) groups is 1. The van der Waals surface area contributed by atoms with Gasteiger partial charge in [-0.15, -0.1) is 0 Å². The summed E-state index contributed by atoms with van der Waals surface area (Å²) in [7, 11) is 1.92. The molecule has 118 valence electrons. The topological polar surface area (TPSA) is 67.2 Å². The highest BCUT2D eigenvalue weighted by Crippen LogP contribution is 2.32. The van der Waals surface area contributed by atoms with Crippen molar-refractivity contribution in [1.29, 1.82) is 0 Å². The van der Waals surface area contributed by atoms with Gasteiger partial charge in [0.25, 0.3) is 0 Å². The SMILES string of the molecule is CCC(NC(=O)CC1(O)CCCC1)c1c(C)nn(C)c1C. The van der Waals surface area contributed by atoms with Crippen LogP contribution in [-0.2, 0) is 11.8 Å². The van der Waals surface area contributed by atoms with E-state index in [1.54, 1.807) is 0 Å². The van der Waals surface area contributed by atoms with Crippen LogP contribution in [0.5, 0.6) is 0 Å². The Balaban J connectivity index is 2.06. The number of amides is 1. The predicted octanol–water partition coefficient (Wildman–Crippen LogP) is 2.30. The largest absolute Gasteiger partial charge is 0.389 e.